The summed E-state index contributed by atoms with van der Waals surface area (Å²) in [6, 6.07) is 12.3. The lowest BCUT2D eigenvalue weighted by molar-refractivity contribution is -0.385. The van der Waals surface area contributed by atoms with E-state index in [0.29, 0.717) is 5.69 Å². The number of carbonyl (C=O) groups excluding carboxylic acids is 1. The van der Waals surface area contributed by atoms with Crippen molar-refractivity contribution in [1.82, 2.24) is 0 Å². The molecule has 2 aromatic carbocycles. The highest BCUT2D eigenvalue weighted by molar-refractivity contribution is 7.99. The molecule has 0 spiro atoms. The average Bonchev–Trinajstić information content (AvgIpc) is 2.37. The highest BCUT2D eigenvalue weighted by Gasteiger charge is 2.09. The highest BCUT2D eigenvalue weighted by atomic mass is 32.2. The fourth-order valence-corrected chi connectivity index (χ4v) is 2.90. The van der Waals surface area contributed by atoms with Gasteiger partial charge in [0.25, 0.3) is 5.69 Å². The van der Waals surface area contributed by atoms with Crippen LogP contribution in [0, 0.1) is 17.0 Å². The molecule has 0 fully saturated rings. The molecule has 0 aliphatic heterocycles. The molecular formula is C15H14N2O3S. The second-order valence-electron chi connectivity index (χ2n) is 4.57. The molecule has 2 rings (SSSR count). The zero-order valence-electron chi connectivity index (χ0n) is 11.6. The van der Waals surface area contributed by atoms with Crippen LogP contribution in [0.1, 0.15) is 12.5 Å². The summed E-state index contributed by atoms with van der Waals surface area (Å²) in [5.41, 5.74) is 1.62. The molecule has 0 aromatic heterocycles. The Morgan fingerprint density at radius 1 is 1.19 bits per heavy atom. The number of carbonyl (C=O) groups is 1. The third kappa shape index (κ3) is 4.32. The first kappa shape index (κ1) is 15.1. The van der Waals surface area contributed by atoms with Crippen LogP contribution in [0.15, 0.2) is 52.3 Å². The Hall–Kier alpha value is -2.34. The summed E-state index contributed by atoms with van der Waals surface area (Å²) >= 11 is 1.42. The number of nitro groups is 1. The minimum Gasteiger partial charge on any atom is -0.326 e. The first-order chi connectivity index (χ1) is 9.94. The van der Waals surface area contributed by atoms with Crippen molar-refractivity contribution in [3.63, 3.8) is 0 Å². The summed E-state index contributed by atoms with van der Waals surface area (Å²) in [6.45, 7) is 3.27. The second-order valence-corrected chi connectivity index (χ2v) is 5.72. The largest absolute Gasteiger partial charge is 0.326 e. The monoisotopic (exact) mass is 302 g/mol. The van der Waals surface area contributed by atoms with Crippen molar-refractivity contribution in [1.29, 1.82) is 0 Å². The number of aryl methyl sites for hydroxylation is 1. The van der Waals surface area contributed by atoms with E-state index >= 15 is 0 Å². The summed E-state index contributed by atoms with van der Waals surface area (Å²) in [5, 5.41) is 13.6. The molecule has 1 N–H and O–H groups in total. The average molecular weight is 302 g/mol. The maximum Gasteiger partial charge on any atom is 0.270 e. The normalized spacial score (nSPS) is 10.2. The molecule has 0 atom stereocenters. The Kier molecular flexibility index (Phi) is 4.59. The molecular weight excluding hydrogens is 288 g/mol. The van der Waals surface area contributed by atoms with Crippen LogP contribution >= 0.6 is 11.8 Å². The lowest BCUT2D eigenvalue weighted by Crippen LogP contribution is -2.05. The smallest absolute Gasteiger partial charge is 0.270 e. The van der Waals surface area contributed by atoms with E-state index in [4.69, 9.17) is 0 Å². The standard InChI is InChI=1S/C15H14N2O3S/c1-10-6-13(17(19)20)9-15(7-10)21-14-5-3-4-12(8-14)16-11(2)18/h3-9H,1-2H3,(H,16,18). The van der Waals surface area contributed by atoms with Gasteiger partial charge in [0.1, 0.15) is 0 Å². The van der Waals surface area contributed by atoms with Crippen molar-refractivity contribution in [3.8, 4) is 0 Å². The topological polar surface area (TPSA) is 72.2 Å². The van der Waals surface area contributed by atoms with E-state index in [1.54, 1.807) is 12.1 Å². The van der Waals surface area contributed by atoms with Gasteiger partial charge in [-0.3, -0.25) is 14.9 Å². The van der Waals surface area contributed by atoms with Gasteiger partial charge in [-0.25, -0.2) is 0 Å². The Bertz CT molecular complexity index is 701. The molecule has 1 amide bonds. The van der Waals surface area contributed by atoms with Gasteiger partial charge in [-0.2, -0.15) is 0 Å². The number of nitrogens with zero attached hydrogens (tertiary/aromatic N) is 1. The highest BCUT2D eigenvalue weighted by Crippen LogP contribution is 2.32. The van der Waals surface area contributed by atoms with E-state index in [2.05, 4.69) is 5.32 Å². The predicted octanol–water partition coefficient (Wildman–Crippen LogP) is 4.01. The Balaban J connectivity index is 2.25. The summed E-state index contributed by atoms with van der Waals surface area (Å²) in [7, 11) is 0. The summed E-state index contributed by atoms with van der Waals surface area (Å²) in [6.07, 6.45) is 0. The molecule has 5 nitrogen and oxygen atoms in total. The lowest BCUT2D eigenvalue weighted by Gasteiger charge is -2.06. The Morgan fingerprint density at radius 2 is 1.95 bits per heavy atom. The summed E-state index contributed by atoms with van der Waals surface area (Å²) < 4.78 is 0. The third-order valence-corrected chi connectivity index (χ3v) is 3.60. The Morgan fingerprint density at radius 3 is 2.62 bits per heavy atom. The van der Waals surface area contributed by atoms with Crippen molar-refractivity contribution in [3.05, 3.63) is 58.1 Å². The molecule has 0 aliphatic rings. The number of non-ortho nitro benzene ring substituents is 1. The number of hydrogen-bond acceptors (Lipinski definition) is 4. The molecule has 6 heteroatoms. The number of anilines is 1. The molecule has 0 radical (unpaired) electrons. The minimum atomic E-state index is -0.398. The summed E-state index contributed by atoms with van der Waals surface area (Å²) in [4.78, 5) is 23.2. The van der Waals surface area contributed by atoms with Crippen LogP contribution in [0.25, 0.3) is 0 Å². The van der Waals surface area contributed by atoms with Crippen molar-refractivity contribution in [2.24, 2.45) is 0 Å². The molecule has 21 heavy (non-hydrogen) atoms. The van der Waals surface area contributed by atoms with Gasteiger partial charge in [0.05, 0.1) is 4.92 Å². The van der Waals surface area contributed by atoms with E-state index in [0.717, 1.165) is 15.4 Å². The van der Waals surface area contributed by atoms with E-state index in [-0.39, 0.29) is 11.6 Å². The van der Waals surface area contributed by atoms with E-state index in [1.807, 2.05) is 31.2 Å². The predicted molar refractivity (Wildman–Crippen MR) is 82.7 cm³/mol. The Labute approximate surface area is 126 Å². The van der Waals surface area contributed by atoms with Crippen molar-refractivity contribution < 1.29 is 9.72 Å². The van der Waals surface area contributed by atoms with E-state index in [1.165, 1.54) is 24.8 Å². The molecule has 0 aliphatic carbocycles. The first-order valence-corrected chi connectivity index (χ1v) is 7.07. The van der Waals surface area contributed by atoms with Crippen LogP contribution < -0.4 is 5.32 Å². The van der Waals surface area contributed by atoms with Gasteiger partial charge in [0.15, 0.2) is 0 Å². The van der Waals surface area contributed by atoms with Crippen LogP contribution in [0.5, 0.6) is 0 Å². The maximum atomic E-state index is 11.1. The first-order valence-electron chi connectivity index (χ1n) is 6.25. The second kappa shape index (κ2) is 6.41. The number of nitro benzene ring substituents is 1. The number of hydrogen-bond donors (Lipinski definition) is 1. The SMILES string of the molecule is CC(=O)Nc1cccc(Sc2cc(C)cc([N+](=O)[O-])c2)c1. The van der Waals surface area contributed by atoms with Gasteiger partial charge in [-0.15, -0.1) is 0 Å². The molecule has 0 saturated heterocycles. The van der Waals surface area contributed by atoms with Crippen molar-refractivity contribution in [2.45, 2.75) is 23.6 Å². The van der Waals surface area contributed by atoms with E-state index in [9.17, 15) is 14.9 Å². The van der Waals surface area contributed by atoms with Gasteiger partial charge < -0.3 is 5.32 Å². The molecule has 0 heterocycles. The van der Waals surface area contributed by atoms with Gasteiger partial charge in [-0.1, -0.05) is 17.8 Å². The van der Waals surface area contributed by atoms with Gasteiger partial charge in [-0.05, 0) is 36.8 Å². The third-order valence-electron chi connectivity index (χ3n) is 2.64. The molecule has 2 aromatic rings. The minimum absolute atomic E-state index is 0.0792. The summed E-state index contributed by atoms with van der Waals surface area (Å²) in [5.74, 6) is -0.136. The van der Waals surface area contributed by atoms with Crippen molar-refractivity contribution >= 4 is 29.0 Å². The molecule has 0 bridgehead atoms. The number of nitrogens with one attached hydrogen (secondary N) is 1. The van der Waals surface area contributed by atoms with Crippen molar-refractivity contribution in [2.75, 3.05) is 5.32 Å². The quantitative estimate of drug-likeness (QED) is 0.684. The van der Waals surface area contributed by atoms with Gasteiger partial charge >= 0.3 is 0 Å². The lowest BCUT2D eigenvalue weighted by atomic mass is 10.2. The van der Waals surface area contributed by atoms with Gasteiger partial charge in [0.2, 0.25) is 5.91 Å². The number of amides is 1. The van der Waals surface area contributed by atoms with E-state index < -0.39 is 4.92 Å². The maximum absolute atomic E-state index is 11.1. The van der Waals surface area contributed by atoms with Gasteiger partial charge in [0, 0.05) is 34.5 Å². The molecule has 108 valence electrons. The molecule has 0 unspecified atom stereocenters. The zero-order chi connectivity index (χ0) is 15.4. The number of rotatable bonds is 4. The van der Waals surface area contributed by atoms with Crippen LogP contribution in [-0.4, -0.2) is 10.8 Å². The fraction of sp³-hybridized carbons (Fsp3) is 0.133. The van der Waals surface area contributed by atoms with Crippen LogP contribution in [0.3, 0.4) is 0 Å². The van der Waals surface area contributed by atoms with Crippen LogP contribution in [-0.2, 0) is 4.79 Å². The number of benzene rings is 2. The molecule has 0 saturated carbocycles. The van der Waals surface area contributed by atoms with Crippen LogP contribution in [0.4, 0.5) is 11.4 Å². The van der Waals surface area contributed by atoms with Crippen LogP contribution in [0.2, 0.25) is 0 Å². The fourth-order valence-electron chi connectivity index (χ4n) is 1.87. The zero-order valence-corrected chi connectivity index (χ0v) is 12.4.